The highest BCUT2D eigenvalue weighted by atomic mass is 19.4. The number of H-pyrrole nitrogens is 1. The largest absolute Gasteiger partial charge is 0.435 e. The smallest absolute Gasteiger partial charge is 0.372 e. The minimum Gasteiger partial charge on any atom is -0.372 e. The van der Waals surface area contributed by atoms with Gasteiger partial charge in [-0.3, -0.25) is 0 Å². The van der Waals surface area contributed by atoms with Crippen LogP contribution >= 0.6 is 0 Å². The van der Waals surface area contributed by atoms with Crippen LogP contribution in [0.15, 0.2) is 41.7 Å². The molecule has 4 heterocycles. The standard InChI is InChI=1S/C19H21F3N6/c1-27(17-6-5-16(25-26-17)19(20,21)22)13-8-11-28(12-13)15-4-2-3-9-23-18-14(15)7-10-24-18/h3,5-7,9-10,13H,2,4,8,11-12H2,1H3,(H,23,24)/b9-3-,15-14+/t13-/m1/s1. The number of nitrogens with one attached hydrogen (secondary N) is 1. The van der Waals surface area contributed by atoms with Crippen molar-refractivity contribution in [2.75, 3.05) is 25.0 Å². The minimum absolute atomic E-state index is 0.152. The molecule has 2 aliphatic heterocycles. The van der Waals surface area contributed by atoms with E-state index in [1.54, 1.807) is 0 Å². The lowest BCUT2D eigenvalue weighted by molar-refractivity contribution is -0.141. The van der Waals surface area contributed by atoms with Crippen LogP contribution in [0, 0.1) is 0 Å². The van der Waals surface area contributed by atoms with E-state index in [0.717, 1.165) is 49.1 Å². The van der Waals surface area contributed by atoms with Crippen molar-refractivity contribution in [1.29, 1.82) is 0 Å². The Morgan fingerprint density at radius 3 is 2.82 bits per heavy atom. The van der Waals surface area contributed by atoms with Gasteiger partial charge in [-0.25, -0.2) is 4.99 Å². The van der Waals surface area contributed by atoms with Crippen molar-refractivity contribution in [2.24, 2.45) is 4.99 Å². The van der Waals surface area contributed by atoms with E-state index in [0.29, 0.717) is 5.82 Å². The molecule has 0 unspecified atom stereocenters. The lowest BCUT2D eigenvalue weighted by atomic mass is 10.1. The summed E-state index contributed by atoms with van der Waals surface area (Å²) in [5.74, 6) is 0.447. The molecule has 0 aromatic carbocycles. The Kier molecular flexibility index (Phi) is 4.82. The topological polar surface area (TPSA) is 60.4 Å². The fourth-order valence-electron chi connectivity index (χ4n) is 3.74. The van der Waals surface area contributed by atoms with Gasteiger partial charge < -0.3 is 14.8 Å². The molecule has 2 aliphatic rings. The van der Waals surface area contributed by atoms with Crippen LogP contribution in [0.5, 0.6) is 0 Å². The SMILES string of the molecule is CN(c1ccc(C(F)(F)F)nn1)[C@@H]1CCN(\C2=c3/cc[nH]/c3=N\C=C/CC2)C1. The summed E-state index contributed by atoms with van der Waals surface area (Å²) in [6, 6.07) is 4.56. The molecule has 4 rings (SSSR count). The number of anilines is 1. The average molecular weight is 390 g/mol. The maximum atomic E-state index is 12.7. The zero-order valence-electron chi connectivity index (χ0n) is 15.4. The average Bonchev–Trinajstić information content (AvgIpc) is 3.31. The fraction of sp³-hybridized carbons (Fsp3) is 0.421. The van der Waals surface area contributed by atoms with Crippen LogP contribution in [0.1, 0.15) is 25.0 Å². The Bertz CT molecular complexity index is 976. The Hall–Kier alpha value is -2.84. The van der Waals surface area contributed by atoms with Crippen molar-refractivity contribution in [3.8, 4) is 0 Å². The van der Waals surface area contributed by atoms with Crippen molar-refractivity contribution < 1.29 is 13.2 Å². The number of hydrogen-bond donors (Lipinski definition) is 1. The van der Waals surface area contributed by atoms with Crippen LogP contribution in [0.25, 0.3) is 5.70 Å². The maximum Gasteiger partial charge on any atom is 0.435 e. The Morgan fingerprint density at radius 2 is 2.07 bits per heavy atom. The van der Waals surface area contributed by atoms with Gasteiger partial charge in [-0.1, -0.05) is 6.08 Å². The molecule has 1 saturated heterocycles. The highest BCUT2D eigenvalue weighted by molar-refractivity contribution is 5.45. The van der Waals surface area contributed by atoms with Gasteiger partial charge in [0.1, 0.15) is 5.49 Å². The quantitative estimate of drug-likeness (QED) is 0.872. The molecule has 0 radical (unpaired) electrons. The summed E-state index contributed by atoms with van der Waals surface area (Å²) in [7, 11) is 1.86. The second kappa shape index (κ2) is 7.29. The number of likely N-dealkylation sites (tertiary alicyclic amines) is 1. The molecule has 1 atom stereocenters. The summed E-state index contributed by atoms with van der Waals surface area (Å²) < 4.78 is 38.1. The van der Waals surface area contributed by atoms with Crippen molar-refractivity contribution in [3.63, 3.8) is 0 Å². The first-order valence-corrected chi connectivity index (χ1v) is 9.21. The number of aromatic nitrogens is 3. The monoisotopic (exact) mass is 390 g/mol. The molecular formula is C19H21F3N6. The lowest BCUT2D eigenvalue weighted by Crippen LogP contribution is -2.37. The Balaban J connectivity index is 1.53. The van der Waals surface area contributed by atoms with Crippen LogP contribution in [0.4, 0.5) is 19.0 Å². The molecule has 2 aromatic rings. The molecule has 148 valence electrons. The van der Waals surface area contributed by atoms with Gasteiger partial charge in [-0.15, -0.1) is 10.2 Å². The molecule has 0 saturated carbocycles. The lowest BCUT2D eigenvalue weighted by Gasteiger charge is -2.27. The number of fused-ring (bicyclic) bond motifs is 1. The summed E-state index contributed by atoms with van der Waals surface area (Å²) >= 11 is 0. The molecule has 28 heavy (non-hydrogen) atoms. The molecule has 0 spiro atoms. The summed E-state index contributed by atoms with van der Waals surface area (Å²) in [6.45, 7) is 1.66. The van der Waals surface area contributed by atoms with Crippen LogP contribution in [0.3, 0.4) is 0 Å². The summed E-state index contributed by atoms with van der Waals surface area (Å²) in [6.07, 6.45) is 4.05. The number of hydrogen-bond acceptors (Lipinski definition) is 5. The van der Waals surface area contributed by atoms with E-state index in [-0.39, 0.29) is 6.04 Å². The molecule has 6 nitrogen and oxygen atoms in total. The predicted molar refractivity (Wildman–Crippen MR) is 98.8 cm³/mol. The van der Waals surface area contributed by atoms with Gasteiger partial charge in [-0.2, -0.15) is 13.2 Å². The molecular weight excluding hydrogens is 369 g/mol. The minimum atomic E-state index is -4.48. The summed E-state index contributed by atoms with van der Waals surface area (Å²) in [5, 5.41) is 8.23. The second-order valence-electron chi connectivity index (χ2n) is 7.01. The van der Waals surface area contributed by atoms with Gasteiger partial charge in [-0.05, 0) is 37.5 Å². The highest BCUT2D eigenvalue weighted by Gasteiger charge is 2.34. The van der Waals surface area contributed by atoms with Gasteiger partial charge in [0.15, 0.2) is 11.5 Å². The molecule has 1 fully saturated rings. The van der Waals surface area contributed by atoms with Gasteiger partial charge in [0.25, 0.3) is 0 Å². The first-order chi connectivity index (χ1) is 13.4. The van der Waals surface area contributed by atoms with Gasteiger partial charge in [0, 0.05) is 49.5 Å². The number of rotatable bonds is 3. The molecule has 9 heteroatoms. The third-order valence-corrected chi connectivity index (χ3v) is 5.29. The number of likely N-dealkylation sites (N-methyl/N-ethyl adjacent to an activating group) is 1. The Morgan fingerprint density at radius 1 is 1.21 bits per heavy atom. The third kappa shape index (κ3) is 3.61. The molecule has 1 N–H and O–H groups in total. The van der Waals surface area contributed by atoms with Crippen LogP contribution in [-0.2, 0) is 6.18 Å². The number of halogens is 3. The van der Waals surface area contributed by atoms with E-state index in [2.05, 4.69) is 31.1 Å². The van der Waals surface area contributed by atoms with Gasteiger partial charge in [0.05, 0.1) is 0 Å². The highest BCUT2D eigenvalue weighted by Crippen LogP contribution is 2.29. The summed E-state index contributed by atoms with van der Waals surface area (Å²) in [4.78, 5) is 11.9. The van der Waals surface area contributed by atoms with E-state index in [9.17, 15) is 13.2 Å². The molecule has 0 amide bonds. The normalized spacial score (nSPS) is 24.1. The molecule has 0 bridgehead atoms. The van der Waals surface area contributed by atoms with Gasteiger partial charge in [0.2, 0.25) is 0 Å². The maximum absolute atomic E-state index is 12.7. The second-order valence-corrected chi connectivity index (χ2v) is 7.01. The number of aromatic amines is 1. The molecule has 0 aliphatic carbocycles. The van der Waals surface area contributed by atoms with Crippen LogP contribution < -0.4 is 15.6 Å². The Labute approximate surface area is 160 Å². The van der Waals surface area contributed by atoms with Crippen molar-refractivity contribution >= 4 is 11.5 Å². The zero-order chi connectivity index (χ0) is 19.7. The number of alkyl halides is 3. The zero-order valence-corrected chi connectivity index (χ0v) is 15.4. The van der Waals surface area contributed by atoms with Crippen molar-refractivity contribution in [3.05, 3.63) is 53.1 Å². The van der Waals surface area contributed by atoms with E-state index in [1.165, 1.54) is 11.8 Å². The number of nitrogens with zero attached hydrogens (tertiary/aromatic N) is 5. The van der Waals surface area contributed by atoms with E-state index in [1.807, 2.05) is 30.4 Å². The van der Waals surface area contributed by atoms with E-state index < -0.39 is 11.9 Å². The van der Waals surface area contributed by atoms with Crippen LogP contribution in [-0.4, -0.2) is 46.3 Å². The van der Waals surface area contributed by atoms with E-state index >= 15 is 0 Å². The third-order valence-electron chi connectivity index (χ3n) is 5.29. The summed E-state index contributed by atoms with van der Waals surface area (Å²) in [5.41, 5.74) is 1.13. The van der Waals surface area contributed by atoms with E-state index in [4.69, 9.17) is 0 Å². The number of allylic oxidation sites excluding steroid dienone is 1. The fourth-order valence-corrected chi connectivity index (χ4v) is 3.74. The first kappa shape index (κ1) is 18.5. The van der Waals surface area contributed by atoms with Crippen molar-refractivity contribution in [1.82, 2.24) is 20.1 Å². The first-order valence-electron chi connectivity index (χ1n) is 9.21. The van der Waals surface area contributed by atoms with Gasteiger partial charge >= 0.3 is 6.18 Å². The van der Waals surface area contributed by atoms with Crippen molar-refractivity contribution in [2.45, 2.75) is 31.5 Å². The van der Waals surface area contributed by atoms with Crippen LogP contribution in [0.2, 0.25) is 0 Å². The predicted octanol–water partition coefficient (Wildman–Crippen LogP) is 2.07. The molecule has 2 aromatic heterocycles.